The van der Waals surface area contributed by atoms with Gasteiger partial charge in [-0.1, -0.05) is 65.1 Å². The molecule has 0 N–H and O–H groups in total. The number of aromatic nitrogens is 2. The fourth-order valence-electron chi connectivity index (χ4n) is 4.82. The van der Waals surface area contributed by atoms with Crippen molar-refractivity contribution in [2.45, 2.75) is 54.4 Å². The van der Waals surface area contributed by atoms with E-state index >= 15 is 0 Å². The molecule has 2 heterocycles. The molecule has 0 atom stereocenters. The van der Waals surface area contributed by atoms with Crippen molar-refractivity contribution in [1.29, 1.82) is 0 Å². The van der Waals surface area contributed by atoms with Crippen molar-refractivity contribution < 1.29 is 18.9 Å². The van der Waals surface area contributed by atoms with Crippen molar-refractivity contribution >= 4 is 38.4 Å². The molecular formula is C29H31LiN2. The topological polar surface area (TPSA) is 17.3 Å². The fraction of sp³-hybridized carbons (Fsp3) is 0.345. The van der Waals surface area contributed by atoms with Crippen LogP contribution in [-0.4, -0.2) is 9.38 Å². The molecule has 0 aliphatic rings. The minimum absolute atomic E-state index is 0. The second-order valence-corrected chi connectivity index (χ2v) is 11.4. The van der Waals surface area contributed by atoms with Crippen LogP contribution in [0.4, 0.5) is 0 Å². The molecule has 5 rings (SSSR count). The molecule has 3 aromatic carbocycles. The van der Waals surface area contributed by atoms with Gasteiger partial charge in [0, 0.05) is 5.52 Å². The minimum Gasteiger partial charge on any atom is -0.333 e. The summed E-state index contributed by atoms with van der Waals surface area (Å²) in [6, 6.07) is 23.5. The van der Waals surface area contributed by atoms with Gasteiger partial charge in [0.25, 0.3) is 0 Å². The van der Waals surface area contributed by atoms with Crippen LogP contribution < -0.4 is 18.9 Å². The zero-order valence-electron chi connectivity index (χ0n) is 20.5. The van der Waals surface area contributed by atoms with Gasteiger partial charge in [-0.05, 0) is 58.4 Å². The summed E-state index contributed by atoms with van der Waals surface area (Å²) in [5.74, 6) is 0. The molecule has 0 radical (unpaired) electrons. The number of pyridine rings is 1. The molecule has 0 aliphatic heterocycles. The molecule has 0 bridgehead atoms. The number of fused-ring (bicyclic) bond motifs is 8. The van der Waals surface area contributed by atoms with E-state index < -0.39 is 0 Å². The first-order valence-corrected chi connectivity index (χ1v) is 11.3. The van der Waals surface area contributed by atoms with E-state index in [4.69, 9.17) is 4.98 Å². The molecule has 158 valence electrons. The molecule has 0 fully saturated rings. The van der Waals surface area contributed by atoms with E-state index in [1.54, 1.807) is 0 Å². The molecule has 0 unspecified atom stereocenters. The summed E-state index contributed by atoms with van der Waals surface area (Å²) >= 11 is 0. The number of imidazole rings is 1. The Balaban J connectivity index is 0.00000245. The zero-order valence-corrected chi connectivity index (χ0v) is 20.5. The van der Waals surface area contributed by atoms with Gasteiger partial charge in [-0.3, -0.25) is 4.98 Å². The normalized spacial score (nSPS) is 12.7. The van der Waals surface area contributed by atoms with E-state index in [0.717, 1.165) is 29.4 Å². The predicted molar refractivity (Wildman–Crippen MR) is 133 cm³/mol. The SMILES string of the molecule is CC(C)(C)Cc1ccc2c(c1)c1ccc[c-]c1c1nc3ccc(CC(C)(C)C)cc3n21.[Li+]. The Morgan fingerprint density at radius 1 is 0.781 bits per heavy atom. The first kappa shape index (κ1) is 22.9. The fourth-order valence-corrected chi connectivity index (χ4v) is 4.82. The van der Waals surface area contributed by atoms with Gasteiger partial charge >= 0.3 is 18.9 Å². The van der Waals surface area contributed by atoms with Crippen molar-refractivity contribution in [2.24, 2.45) is 10.8 Å². The van der Waals surface area contributed by atoms with Gasteiger partial charge in [0.1, 0.15) is 0 Å². The monoisotopic (exact) mass is 414 g/mol. The summed E-state index contributed by atoms with van der Waals surface area (Å²) in [5, 5.41) is 3.60. The van der Waals surface area contributed by atoms with Crippen molar-refractivity contribution in [1.82, 2.24) is 9.38 Å². The Morgan fingerprint density at radius 2 is 1.44 bits per heavy atom. The zero-order chi connectivity index (χ0) is 22.0. The molecule has 0 spiro atoms. The number of rotatable bonds is 2. The summed E-state index contributed by atoms with van der Waals surface area (Å²) in [5.41, 5.74) is 7.68. The van der Waals surface area contributed by atoms with Gasteiger partial charge in [0.15, 0.2) is 0 Å². The molecule has 32 heavy (non-hydrogen) atoms. The van der Waals surface area contributed by atoms with E-state index in [2.05, 4.69) is 101 Å². The van der Waals surface area contributed by atoms with Crippen LogP contribution in [0, 0.1) is 16.9 Å². The van der Waals surface area contributed by atoms with Gasteiger partial charge < -0.3 is 4.40 Å². The summed E-state index contributed by atoms with van der Waals surface area (Å²) < 4.78 is 2.34. The maximum Gasteiger partial charge on any atom is 1.00 e. The van der Waals surface area contributed by atoms with Crippen LogP contribution in [0.5, 0.6) is 0 Å². The van der Waals surface area contributed by atoms with Gasteiger partial charge in [-0.25, -0.2) is 0 Å². The quantitative estimate of drug-likeness (QED) is 0.231. The maximum absolute atomic E-state index is 5.04. The predicted octanol–water partition coefficient (Wildman–Crippen LogP) is 4.78. The average molecular weight is 415 g/mol. The number of hydrogen-bond acceptors (Lipinski definition) is 1. The van der Waals surface area contributed by atoms with Crippen LogP contribution in [0.3, 0.4) is 0 Å². The van der Waals surface area contributed by atoms with E-state index in [1.165, 1.54) is 32.9 Å². The molecule has 0 saturated heterocycles. The Kier molecular flexibility index (Phi) is 5.69. The first-order chi connectivity index (χ1) is 14.6. The molecule has 0 saturated carbocycles. The van der Waals surface area contributed by atoms with Crippen LogP contribution in [0.15, 0.2) is 54.6 Å². The molecule has 0 amide bonds. The summed E-state index contributed by atoms with van der Waals surface area (Å²) in [4.78, 5) is 5.04. The van der Waals surface area contributed by atoms with E-state index in [0.29, 0.717) is 0 Å². The Hall–Kier alpha value is -2.27. The van der Waals surface area contributed by atoms with E-state index in [9.17, 15) is 0 Å². The molecule has 3 heteroatoms. The van der Waals surface area contributed by atoms with Crippen LogP contribution in [0.1, 0.15) is 52.7 Å². The largest absolute Gasteiger partial charge is 1.00 e. The number of nitrogens with zero attached hydrogens (tertiary/aromatic N) is 2. The third-order valence-corrected chi connectivity index (χ3v) is 5.86. The molecule has 2 aromatic heterocycles. The summed E-state index contributed by atoms with van der Waals surface area (Å²) in [7, 11) is 0. The summed E-state index contributed by atoms with van der Waals surface area (Å²) in [6.07, 6.45) is 2.10. The van der Waals surface area contributed by atoms with Crippen molar-refractivity contribution in [3.63, 3.8) is 0 Å². The molecule has 0 aliphatic carbocycles. The Bertz CT molecular complexity index is 1450. The van der Waals surface area contributed by atoms with Crippen molar-refractivity contribution in [3.8, 4) is 0 Å². The third kappa shape index (κ3) is 4.19. The minimum atomic E-state index is 0. The van der Waals surface area contributed by atoms with Crippen LogP contribution in [-0.2, 0) is 12.8 Å². The van der Waals surface area contributed by atoms with Crippen LogP contribution in [0.2, 0.25) is 0 Å². The van der Waals surface area contributed by atoms with Gasteiger partial charge in [0.05, 0.1) is 16.7 Å². The van der Waals surface area contributed by atoms with Crippen LogP contribution in [0.25, 0.3) is 38.4 Å². The first-order valence-electron chi connectivity index (χ1n) is 11.3. The van der Waals surface area contributed by atoms with Crippen molar-refractivity contribution in [2.75, 3.05) is 0 Å². The second-order valence-electron chi connectivity index (χ2n) is 11.4. The van der Waals surface area contributed by atoms with E-state index in [-0.39, 0.29) is 29.7 Å². The average Bonchev–Trinajstić information content (AvgIpc) is 3.05. The Labute approximate surface area is 203 Å². The smallest absolute Gasteiger partial charge is 0.333 e. The third-order valence-electron chi connectivity index (χ3n) is 5.86. The molecule has 5 aromatic rings. The second kappa shape index (κ2) is 7.94. The Morgan fingerprint density at radius 3 is 2.12 bits per heavy atom. The molecule has 2 nitrogen and oxygen atoms in total. The van der Waals surface area contributed by atoms with Crippen LogP contribution >= 0.6 is 0 Å². The van der Waals surface area contributed by atoms with Gasteiger partial charge in [-0.15, -0.1) is 29.7 Å². The maximum atomic E-state index is 5.04. The van der Waals surface area contributed by atoms with Crippen molar-refractivity contribution in [3.05, 3.63) is 71.8 Å². The summed E-state index contributed by atoms with van der Waals surface area (Å²) in [6.45, 7) is 13.8. The van der Waals surface area contributed by atoms with E-state index in [1.807, 2.05) is 6.07 Å². The standard InChI is InChI=1S/C29H31N2.Li/c1-28(2,3)17-19-12-14-25-23(15-19)21-9-7-8-10-22(21)27-30-24-13-11-20(18-29(4,5)6)16-26(24)31(25)27;/h7-9,11-16H,17-18H2,1-6H3;/q-1;+1. The van der Waals surface area contributed by atoms with Gasteiger partial charge in [-0.2, -0.15) is 0 Å². The van der Waals surface area contributed by atoms with Gasteiger partial charge in [0.2, 0.25) is 0 Å². The molecular weight excluding hydrogens is 383 g/mol. The number of hydrogen-bond donors (Lipinski definition) is 0. The number of benzene rings is 3.